The van der Waals surface area contributed by atoms with Crippen molar-refractivity contribution >= 4 is 6.09 Å². The maximum absolute atomic E-state index is 13.5. The molecule has 5 nitrogen and oxygen atoms in total. The first-order valence-electron chi connectivity index (χ1n) is 9.48. The number of hydrogen-bond acceptors (Lipinski definition) is 3. The van der Waals surface area contributed by atoms with E-state index in [1.165, 1.54) is 29.2 Å². The molecule has 1 unspecified atom stereocenters. The Bertz CT molecular complexity index is 783. The van der Waals surface area contributed by atoms with Crippen LogP contribution in [0.1, 0.15) is 17.0 Å². The summed E-state index contributed by atoms with van der Waals surface area (Å²) in [6, 6.07) is 12.6. The second kappa shape index (κ2) is 7.85. The third-order valence-electron chi connectivity index (χ3n) is 5.77. The molecule has 28 heavy (non-hydrogen) atoms. The number of halogens is 2. The van der Waals surface area contributed by atoms with E-state index in [-0.39, 0.29) is 29.6 Å². The van der Waals surface area contributed by atoms with Crippen molar-refractivity contribution in [2.45, 2.75) is 18.0 Å². The van der Waals surface area contributed by atoms with E-state index in [2.05, 4.69) is 10.2 Å². The summed E-state index contributed by atoms with van der Waals surface area (Å²) < 4.78 is 27.1. The maximum Gasteiger partial charge on any atom is 0.407 e. The average Bonchev–Trinajstić information content (AvgIpc) is 2.70. The fourth-order valence-electron chi connectivity index (χ4n) is 4.47. The molecule has 0 bridgehead atoms. The summed E-state index contributed by atoms with van der Waals surface area (Å²) in [4.78, 5) is 15.6. The van der Waals surface area contributed by atoms with Crippen molar-refractivity contribution < 1.29 is 18.7 Å². The first-order chi connectivity index (χ1) is 13.5. The molecule has 0 aromatic heterocycles. The van der Waals surface area contributed by atoms with Gasteiger partial charge in [0.05, 0.1) is 0 Å². The SMILES string of the molecule is O=C(O)N1CC(C(c2ccc(F)cc2)c2ccc(F)cc2)N2CCNC[C@H]2C1. The van der Waals surface area contributed by atoms with Crippen molar-refractivity contribution in [2.24, 2.45) is 0 Å². The quantitative estimate of drug-likeness (QED) is 0.851. The lowest BCUT2D eigenvalue weighted by Gasteiger charge is -2.51. The number of nitrogens with one attached hydrogen (secondary N) is 1. The van der Waals surface area contributed by atoms with Crippen molar-refractivity contribution in [3.05, 3.63) is 71.3 Å². The maximum atomic E-state index is 13.5. The fraction of sp³-hybridized carbons (Fsp3) is 0.381. The van der Waals surface area contributed by atoms with Gasteiger partial charge >= 0.3 is 6.09 Å². The van der Waals surface area contributed by atoms with Crippen LogP contribution < -0.4 is 5.32 Å². The number of amides is 1. The van der Waals surface area contributed by atoms with E-state index in [0.29, 0.717) is 13.1 Å². The van der Waals surface area contributed by atoms with Crippen LogP contribution in [0.2, 0.25) is 0 Å². The van der Waals surface area contributed by atoms with Crippen molar-refractivity contribution in [3.8, 4) is 0 Å². The summed E-state index contributed by atoms with van der Waals surface area (Å²) in [6.07, 6.45) is -0.938. The standard InChI is InChI=1S/C21H23F2N3O2/c22-16-5-1-14(2-6-16)20(15-3-7-17(23)8-4-15)19-13-25(21(27)28)12-18-11-24-9-10-26(18)19/h1-8,18-20,24H,9-13H2,(H,27,28)/t18-,19?/m0/s1. The van der Waals surface area contributed by atoms with Crippen molar-refractivity contribution in [3.63, 3.8) is 0 Å². The summed E-state index contributed by atoms with van der Waals surface area (Å²) in [7, 11) is 0. The van der Waals surface area contributed by atoms with E-state index in [0.717, 1.165) is 30.8 Å². The molecule has 7 heteroatoms. The molecule has 0 radical (unpaired) electrons. The van der Waals surface area contributed by atoms with Gasteiger partial charge in [0.25, 0.3) is 0 Å². The lowest BCUT2D eigenvalue weighted by molar-refractivity contribution is 0.00793. The van der Waals surface area contributed by atoms with Crippen LogP contribution in [0.25, 0.3) is 0 Å². The topological polar surface area (TPSA) is 55.8 Å². The molecule has 148 valence electrons. The summed E-state index contributed by atoms with van der Waals surface area (Å²) >= 11 is 0. The summed E-state index contributed by atoms with van der Waals surface area (Å²) in [5, 5.41) is 13.0. The smallest absolute Gasteiger partial charge is 0.407 e. The highest BCUT2D eigenvalue weighted by Crippen LogP contribution is 2.35. The molecule has 2 aromatic rings. The Labute approximate surface area is 162 Å². The number of rotatable bonds is 3. The molecule has 1 amide bonds. The fourth-order valence-corrected chi connectivity index (χ4v) is 4.47. The van der Waals surface area contributed by atoms with E-state index in [9.17, 15) is 18.7 Å². The molecular formula is C21H23F2N3O2. The van der Waals surface area contributed by atoms with Gasteiger partial charge in [-0.3, -0.25) is 4.90 Å². The second-order valence-corrected chi connectivity index (χ2v) is 7.43. The summed E-state index contributed by atoms with van der Waals surface area (Å²) in [5.41, 5.74) is 1.78. The predicted molar refractivity (Wildman–Crippen MR) is 101 cm³/mol. The molecule has 2 aliphatic heterocycles. The van der Waals surface area contributed by atoms with Crippen LogP contribution in [0.3, 0.4) is 0 Å². The van der Waals surface area contributed by atoms with Crippen LogP contribution in [0, 0.1) is 11.6 Å². The van der Waals surface area contributed by atoms with Gasteiger partial charge in [-0.25, -0.2) is 13.6 Å². The molecule has 2 fully saturated rings. The van der Waals surface area contributed by atoms with Gasteiger partial charge in [-0.2, -0.15) is 0 Å². The van der Waals surface area contributed by atoms with E-state index >= 15 is 0 Å². The molecule has 2 heterocycles. The van der Waals surface area contributed by atoms with Crippen LogP contribution in [0.15, 0.2) is 48.5 Å². The van der Waals surface area contributed by atoms with Crippen molar-refractivity contribution in [1.29, 1.82) is 0 Å². The van der Waals surface area contributed by atoms with Gasteiger partial charge in [-0.1, -0.05) is 24.3 Å². The zero-order valence-electron chi connectivity index (χ0n) is 15.4. The minimum absolute atomic E-state index is 0.0759. The van der Waals surface area contributed by atoms with Crippen LogP contribution in [0.5, 0.6) is 0 Å². The zero-order valence-corrected chi connectivity index (χ0v) is 15.4. The van der Waals surface area contributed by atoms with Crippen LogP contribution in [0.4, 0.5) is 13.6 Å². The summed E-state index contributed by atoms with van der Waals surface area (Å²) in [5.74, 6) is -0.834. The van der Waals surface area contributed by atoms with Crippen LogP contribution in [-0.2, 0) is 0 Å². The highest BCUT2D eigenvalue weighted by Gasteiger charge is 2.42. The Morgan fingerprint density at radius 1 is 1.00 bits per heavy atom. The number of hydrogen-bond donors (Lipinski definition) is 2. The first-order valence-corrected chi connectivity index (χ1v) is 9.48. The van der Waals surface area contributed by atoms with Gasteiger partial charge in [-0.05, 0) is 35.4 Å². The average molecular weight is 387 g/mol. The number of piperazine rings is 2. The first kappa shape index (κ1) is 18.8. The van der Waals surface area contributed by atoms with Gasteiger partial charge in [0.2, 0.25) is 0 Å². The summed E-state index contributed by atoms with van der Waals surface area (Å²) in [6.45, 7) is 3.17. The van der Waals surface area contributed by atoms with E-state index < -0.39 is 6.09 Å². The number of benzene rings is 2. The minimum Gasteiger partial charge on any atom is -0.465 e. The Morgan fingerprint density at radius 2 is 1.57 bits per heavy atom. The monoisotopic (exact) mass is 387 g/mol. The molecule has 2 aromatic carbocycles. The molecule has 2 atom stereocenters. The van der Waals surface area contributed by atoms with Gasteiger partial charge in [0.1, 0.15) is 11.6 Å². The normalized spacial score (nSPS) is 22.9. The minimum atomic E-state index is -0.938. The highest BCUT2D eigenvalue weighted by molar-refractivity contribution is 5.65. The third-order valence-corrected chi connectivity index (χ3v) is 5.77. The zero-order chi connectivity index (χ0) is 19.7. The molecule has 2 aliphatic rings. The molecule has 0 spiro atoms. The Morgan fingerprint density at radius 3 is 2.11 bits per heavy atom. The Kier molecular flexibility index (Phi) is 5.28. The predicted octanol–water partition coefficient (Wildman–Crippen LogP) is 2.73. The third kappa shape index (κ3) is 3.72. The number of nitrogens with zero attached hydrogens (tertiary/aromatic N) is 2. The largest absolute Gasteiger partial charge is 0.465 e. The highest BCUT2D eigenvalue weighted by atomic mass is 19.1. The van der Waals surface area contributed by atoms with Crippen molar-refractivity contribution in [2.75, 3.05) is 32.7 Å². The van der Waals surface area contributed by atoms with Gasteiger partial charge in [0.15, 0.2) is 0 Å². The molecule has 0 aliphatic carbocycles. The van der Waals surface area contributed by atoms with Gasteiger partial charge in [-0.15, -0.1) is 0 Å². The molecule has 4 rings (SSSR count). The molecule has 2 saturated heterocycles. The molecule has 0 saturated carbocycles. The lowest BCUT2D eigenvalue weighted by atomic mass is 9.82. The van der Waals surface area contributed by atoms with E-state index in [1.807, 2.05) is 0 Å². The molecule has 2 N–H and O–H groups in total. The van der Waals surface area contributed by atoms with Gasteiger partial charge in [0, 0.05) is 50.7 Å². The molecular weight excluding hydrogens is 364 g/mol. The van der Waals surface area contributed by atoms with Crippen LogP contribution in [-0.4, -0.2) is 65.8 Å². The van der Waals surface area contributed by atoms with Crippen LogP contribution >= 0.6 is 0 Å². The number of carboxylic acid groups (broad SMARTS) is 1. The van der Waals surface area contributed by atoms with E-state index in [4.69, 9.17) is 0 Å². The second-order valence-electron chi connectivity index (χ2n) is 7.43. The number of carbonyl (C=O) groups is 1. The van der Waals surface area contributed by atoms with Crippen molar-refractivity contribution in [1.82, 2.24) is 15.1 Å². The lowest BCUT2D eigenvalue weighted by Crippen LogP contribution is -2.67. The Balaban J connectivity index is 1.77. The number of fused-ring (bicyclic) bond motifs is 1. The van der Waals surface area contributed by atoms with Gasteiger partial charge < -0.3 is 15.3 Å². The van der Waals surface area contributed by atoms with E-state index in [1.54, 1.807) is 24.3 Å². The Hall–Kier alpha value is -2.51.